The molecule has 0 fully saturated rings. The molecule has 0 heterocycles. The molecule has 0 aromatic heterocycles. The Hall–Kier alpha value is -1.60. The van der Waals surface area contributed by atoms with Gasteiger partial charge in [-0.15, -0.1) is 11.8 Å². The molecule has 0 aliphatic carbocycles. The number of ether oxygens (including phenoxy) is 1. The highest BCUT2D eigenvalue weighted by Gasteiger charge is 2.15. The van der Waals surface area contributed by atoms with Crippen LogP contribution in [0.25, 0.3) is 0 Å². The lowest BCUT2D eigenvalue weighted by Crippen LogP contribution is -2.01. The highest BCUT2D eigenvalue weighted by molar-refractivity contribution is 7.99. The number of thioether (sulfide) groups is 1. The molecule has 0 radical (unpaired) electrons. The van der Waals surface area contributed by atoms with E-state index in [4.69, 9.17) is 5.11 Å². The number of carbonyl (C=O) groups is 1. The first kappa shape index (κ1) is 14.5. The molecule has 1 N–H and O–H groups in total. The standard InChI is InChI=1S/C11H13NO5S/c1-17-11(14)4-5-18-10-3-2-8(7-13)6-9(10)12(15)16/h2-3,6,13H,4-5,7H2,1H3. The SMILES string of the molecule is COC(=O)CCSc1ccc(CO)cc1[N+](=O)[O-]. The summed E-state index contributed by atoms with van der Waals surface area (Å²) in [6.45, 7) is -0.242. The Kier molecular flexibility index (Phi) is 5.60. The van der Waals surface area contributed by atoms with Crippen LogP contribution in [0.3, 0.4) is 0 Å². The topological polar surface area (TPSA) is 89.7 Å². The monoisotopic (exact) mass is 271 g/mol. The van der Waals surface area contributed by atoms with Gasteiger partial charge in [0.15, 0.2) is 0 Å². The molecule has 0 aliphatic rings. The minimum Gasteiger partial charge on any atom is -0.469 e. The fourth-order valence-electron chi connectivity index (χ4n) is 1.27. The highest BCUT2D eigenvalue weighted by atomic mass is 32.2. The van der Waals surface area contributed by atoms with Gasteiger partial charge in [-0.1, -0.05) is 6.07 Å². The minimum atomic E-state index is -0.500. The van der Waals surface area contributed by atoms with E-state index < -0.39 is 4.92 Å². The third-order valence-electron chi connectivity index (χ3n) is 2.19. The molecule has 0 bridgehead atoms. The summed E-state index contributed by atoms with van der Waals surface area (Å²) >= 11 is 1.21. The average Bonchev–Trinajstić information content (AvgIpc) is 2.38. The van der Waals surface area contributed by atoms with Crippen molar-refractivity contribution in [3.63, 3.8) is 0 Å². The largest absolute Gasteiger partial charge is 0.469 e. The normalized spacial score (nSPS) is 10.1. The van der Waals surface area contributed by atoms with E-state index in [1.165, 1.54) is 24.9 Å². The van der Waals surface area contributed by atoms with Crippen molar-refractivity contribution >= 4 is 23.4 Å². The summed E-state index contributed by atoms with van der Waals surface area (Å²) in [7, 11) is 1.30. The van der Waals surface area contributed by atoms with Crippen molar-refractivity contribution in [2.45, 2.75) is 17.9 Å². The second-order valence-corrected chi connectivity index (χ2v) is 4.53. The van der Waals surface area contributed by atoms with Gasteiger partial charge in [-0.2, -0.15) is 0 Å². The van der Waals surface area contributed by atoms with Gasteiger partial charge in [0, 0.05) is 11.8 Å². The van der Waals surface area contributed by atoms with Crippen LogP contribution in [0.5, 0.6) is 0 Å². The molecule has 1 aromatic rings. The fourth-order valence-corrected chi connectivity index (χ4v) is 2.21. The lowest BCUT2D eigenvalue weighted by atomic mass is 10.2. The maximum absolute atomic E-state index is 10.9. The van der Waals surface area contributed by atoms with E-state index in [1.807, 2.05) is 0 Å². The van der Waals surface area contributed by atoms with Crippen molar-refractivity contribution < 1.29 is 19.6 Å². The van der Waals surface area contributed by atoms with Gasteiger partial charge >= 0.3 is 5.97 Å². The van der Waals surface area contributed by atoms with Crippen LogP contribution in [0.1, 0.15) is 12.0 Å². The van der Waals surface area contributed by atoms with Crippen molar-refractivity contribution in [2.24, 2.45) is 0 Å². The first-order chi connectivity index (χ1) is 8.58. The van der Waals surface area contributed by atoms with E-state index in [0.29, 0.717) is 16.2 Å². The van der Waals surface area contributed by atoms with Gasteiger partial charge < -0.3 is 9.84 Å². The van der Waals surface area contributed by atoms with Gasteiger partial charge in [-0.05, 0) is 11.6 Å². The van der Waals surface area contributed by atoms with Crippen molar-refractivity contribution in [3.05, 3.63) is 33.9 Å². The first-order valence-corrected chi connectivity index (χ1v) is 6.15. The molecule has 98 valence electrons. The van der Waals surface area contributed by atoms with Gasteiger partial charge in [0.2, 0.25) is 0 Å². The van der Waals surface area contributed by atoms with E-state index in [-0.39, 0.29) is 24.7 Å². The predicted octanol–water partition coefficient (Wildman–Crippen LogP) is 1.74. The number of rotatable bonds is 6. The second kappa shape index (κ2) is 6.97. The number of nitro groups is 1. The number of nitro benzene ring substituents is 1. The van der Waals surface area contributed by atoms with Crippen LogP contribution in [0.15, 0.2) is 23.1 Å². The number of methoxy groups -OCH3 is 1. The summed E-state index contributed by atoms with van der Waals surface area (Å²) in [6, 6.07) is 4.53. The fraction of sp³-hybridized carbons (Fsp3) is 0.364. The number of esters is 1. The molecule has 0 amide bonds. The Balaban J connectivity index is 2.75. The maximum Gasteiger partial charge on any atom is 0.306 e. The van der Waals surface area contributed by atoms with Crippen LogP contribution in [-0.2, 0) is 16.1 Å². The molecular weight excluding hydrogens is 258 g/mol. The van der Waals surface area contributed by atoms with Crippen molar-refractivity contribution in [1.82, 2.24) is 0 Å². The molecule has 0 unspecified atom stereocenters. The third-order valence-corrected chi connectivity index (χ3v) is 3.26. The van der Waals surface area contributed by atoms with E-state index in [1.54, 1.807) is 12.1 Å². The van der Waals surface area contributed by atoms with Gasteiger partial charge in [0.1, 0.15) is 0 Å². The van der Waals surface area contributed by atoms with Crippen LogP contribution < -0.4 is 0 Å². The minimum absolute atomic E-state index is 0.0589. The molecule has 7 heteroatoms. The Morgan fingerprint density at radius 2 is 2.28 bits per heavy atom. The number of carbonyl (C=O) groups excluding carboxylic acids is 1. The van der Waals surface area contributed by atoms with Crippen LogP contribution in [-0.4, -0.2) is 28.9 Å². The van der Waals surface area contributed by atoms with Crippen molar-refractivity contribution in [1.29, 1.82) is 0 Å². The summed E-state index contributed by atoms with van der Waals surface area (Å²) in [5, 5.41) is 19.8. The zero-order valence-electron chi connectivity index (χ0n) is 9.79. The van der Waals surface area contributed by atoms with Crippen molar-refractivity contribution in [2.75, 3.05) is 12.9 Å². The summed E-state index contributed by atoms with van der Waals surface area (Å²) in [4.78, 5) is 21.8. The average molecular weight is 271 g/mol. The van der Waals surface area contributed by atoms with E-state index >= 15 is 0 Å². The predicted molar refractivity (Wildman–Crippen MR) is 66.4 cm³/mol. The van der Waals surface area contributed by atoms with Crippen molar-refractivity contribution in [3.8, 4) is 0 Å². The summed E-state index contributed by atoms with van der Waals surface area (Å²) in [5.74, 6) is 0.0588. The number of hydrogen-bond acceptors (Lipinski definition) is 6. The van der Waals surface area contributed by atoms with Gasteiger partial charge in [0.25, 0.3) is 5.69 Å². The van der Waals surface area contributed by atoms with E-state index in [9.17, 15) is 14.9 Å². The Morgan fingerprint density at radius 3 is 2.83 bits per heavy atom. The van der Waals surface area contributed by atoms with Gasteiger partial charge in [0.05, 0.1) is 30.0 Å². The number of aliphatic hydroxyl groups is 1. The zero-order chi connectivity index (χ0) is 13.5. The van der Waals surface area contributed by atoms with Crippen LogP contribution in [0.4, 0.5) is 5.69 Å². The summed E-state index contributed by atoms with van der Waals surface area (Å²) < 4.78 is 4.48. The molecule has 0 atom stereocenters. The van der Waals surface area contributed by atoms with Gasteiger partial charge in [-0.3, -0.25) is 14.9 Å². The molecular formula is C11H13NO5S. The lowest BCUT2D eigenvalue weighted by molar-refractivity contribution is -0.387. The summed E-state index contributed by atoms with van der Waals surface area (Å²) in [6.07, 6.45) is 0.195. The molecule has 0 saturated heterocycles. The quantitative estimate of drug-likeness (QED) is 0.367. The number of nitrogens with zero attached hydrogens (tertiary/aromatic N) is 1. The molecule has 0 aliphatic heterocycles. The maximum atomic E-state index is 10.9. The molecule has 0 saturated carbocycles. The Bertz CT molecular complexity index is 449. The van der Waals surface area contributed by atoms with Gasteiger partial charge in [-0.25, -0.2) is 0 Å². The number of aliphatic hydroxyl groups excluding tert-OH is 1. The number of benzene rings is 1. The Labute approximate surface area is 108 Å². The number of hydrogen-bond donors (Lipinski definition) is 1. The van der Waals surface area contributed by atoms with Crippen LogP contribution in [0, 0.1) is 10.1 Å². The Morgan fingerprint density at radius 1 is 1.56 bits per heavy atom. The highest BCUT2D eigenvalue weighted by Crippen LogP contribution is 2.30. The molecule has 18 heavy (non-hydrogen) atoms. The van der Waals surface area contributed by atoms with Crippen LogP contribution in [0.2, 0.25) is 0 Å². The smallest absolute Gasteiger partial charge is 0.306 e. The van der Waals surface area contributed by atoms with E-state index in [2.05, 4.69) is 4.74 Å². The van der Waals surface area contributed by atoms with Crippen LogP contribution >= 0.6 is 11.8 Å². The van der Waals surface area contributed by atoms with E-state index in [0.717, 1.165) is 0 Å². The molecule has 1 aromatic carbocycles. The molecule has 1 rings (SSSR count). The molecule has 0 spiro atoms. The third kappa shape index (κ3) is 4.01. The first-order valence-electron chi connectivity index (χ1n) is 5.16. The molecule has 6 nitrogen and oxygen atoms in total. The summed E-state index contributed by atoms with van der Waals surface area (Å²) in [5.41, 5.74) is 0.426. The lowest BCUT2D eigenvalue weighted by Gasteiger charge is -2.04. The zero-order valence-corrected chi connectivity index (χ0v) is 10.6. The second-order valence-electron chi connectivity index (χ2n) is 3.39.